The van der Waals surface area contributed by atoms with Gasteiger partial charge in [-0.2, -0.15) is 0 Å². The molecule has 4 heteroatoms. The number of carbonyl (C=O) groups is 1. The van der Waals surface area contributed by atoms with Gasteiger partial charge in [0.1, 0.15) is 0 Å². The number of aliphatic hydroxyl groups excluding tert-OH is 1. The van der Waals surface area contributed by atoms with Gasteiger partial charge in [0.25, 0.3) is 0 Å². The third-order valence-electron chi connectivity index (χ3n) is 3.96. The number of ketones is 1. The van der Waals surface area contributed by atoms with Crippen LogP contribution in [-0.2, 0) is 0 Å². The zero-order valence-electron chi connectivity index (χ0n) is 11.2. The van der Waals surface area contributed by atoms with E-state index in [1.54, 1.807) is 24.3 Å². The molecule has 0 spiro atoms. The Hall–Kier alpha value is -0.900. The summed E-state index contributed by atoms with van der Waals surface area (Å²) < 4.78 is 0. The van der Waals surface area contributed by atoms with E-state index in [9.17, 15) is 4.79 Å². The monoisotopic (exact) mass is 281 g/mol. The van der Waals surface area contributed by atoms with Gasteiger partial charge in [0.2, 0.25) is 0 Å². The van der Waals surface area contributed by atoms with Gasteiger partial charge < -0.3 is 5.11 Å². The smallest absolute Gasteiger partial charge is 0.179 e. The van der Waals surface area contributed by atoms with Crippen molar-refractivity contribution >= 4 is 17.4 Å². The Morgan fingerprint density at radius 1 is 1.37 bits per heavy atom. The lowest BCUT2D eigenvalue weighted by molar-refractivity contribution is 0.0721. The Balaban J connectivity index is 1.98. The van der Waals surface area contributed by atoms with Crippen LogP contribution >= 0.6 is 11.6 Å². The van der Waals surface area contributed by atoms with Crippen LogP contribution in [0.2, 0.25) is 5.02 Å². The molecule has 0 bridgehead atoms. The number of hydrogen-bond donors (Lipinski definition) is 1. The lowest BCUT2D eigenvalue weighted by Gasteiger charge is -2.34. The minimum atomic E-state index is -0.110. The number of nitrogens with zero attached hydrogens (tertiary/aromatic N) is 1. The molecule has 3 nitrogen and oxygen atoms in total. The zero-order chi connectivity index (χ0) is 13.8. The highest BCUT2D eigenvalue weighted by atomic mass is 35.5. The van der Waals surface area contributed by atoms with Crippen molar-refractivity contribution in [3.05, 3.63) is 34.9 Å². The fourth-order valence-corrected chi connectivity index (χ4v) is 2.67. The summed E-state index contributed by atoms with van der Waals surface area (Å²) in [5.41, 5.74) is 0.709. The topological polar surface area (TPSA) is 40.5 Å². The molecule has 1 unspecified atom stereocenters. The van der Waals surface area contributed by atoms with Crippen LogP contribution < -0.4 is 0 Å². The molecule has 0 aliphatic carbocycles. The molecule has 1 aromatic carbocycles. The SMILES string of the molecule is CC(C(=O)c1ccc(Cl)cc1)N1CCC(CO)CC1. The second kappa shape index (κ2) is 6.51. The molecule has 1 heterocycles. The molecule has 1 saturated heterocycles. The molecule has 0 saturated carbocycles. The highest BCUT2D eigenvalue weighted by Crippen LogP contribution is 2.20. The molecule has 1 fully saturated rings. The highest BCUT2D eigenvalue weighted by molar-refractivity contribution is 6.30. The third kappa shape index (κ3) is 3.56. The van der Waals surface area contributed by atoms with Gasteiger partial charge in [-0.05, 0) is 63.0 Å². The molecule has 0 amide bonds. The van der Waals surface area contributed by atoms with Gasteiger partial charge in [-0.25, -0.2) is 0 Å². The van der Waals surface area contributed by atoms with Crippen molar-refractivity contribution in [2.24, 2.45) is 5.92 Å². The number of rotatable bonds is 4. The number of piperidine rings is 1. The normalized spacial score (nSPS) is 19.3. The highest BCUT2D eigenvalue weighted by Gasteiger charge is 2.26. The number of halogens is 1. The summed E-state index contributed by atoms with van der Waals surface area (Å²) in [6.07, 6.45) is 1.93. The maximum atomic E-state index is 12.4. The molecule has 104 valence electrons. The summed E-state index contributed by atoms with van der Waals surface area (Å²) in [6.45, 7) is 3.97. The van der Waals surface area contributed by atoms with Crippen molar-refractivity contribution in [3.8, 4) is 0 Å². The van der Waals surface area contributed by atoms with Crippen LogP contribution in [0.25, 0.3) is 0 Å². The minimum absolute atomic E-state index is 0.110. The molecular formula is C15H20ClNO2. The quantitative estimate of drug-likeness (QED) is 0.863. The average Bonchev–Trinajstić information content (AvgIpc) is 2.46. The second-order valence-corrected chi connectivity index (χ2v) is 5.65. The summed E-state index contributed by atoms with van der Waals surface area (Å²) in [4.78, 5) is 14.6. The van der Waals surface area contributed by atoms with Crippen LogP contribution in [0.3, 0.4) is 0 Å². The summed E-state index contributed by atoms with van der Waals surface area (Å²) in [6, 6.07) is 6.95. The van der Waals surface area contributed by atoms with E-state index in [4.69, 9.17) is 16.7 Å². The van der Waals surface area contributed by atoms with E-state index in [0.717, 1.165) is 25.9 Å². The van der Waals surface area contributed by atoms with Crippen molar-refractivity contribution in [3.63, 3.8) is 0 Å². The standard InChI is InChI=1S/C15H20ClNO2/c1-11(17-8-6-12(10-18)7-9-17)15(19)13-2-4-14(16)5-3-13/h2-5,11-12,18H,6-10H2,1H3. The molecular weight excluding hydrogens is 262 g/mol. The fourth-order valence-electron chi connectivity index (χ4n) is 2.54. The van der Waals surface area contributed by atoms with Crippen molar-refractivity contribution in [2.75, 3.05) is 19.7 Å². The molecule has 0 aromatic heterocycles. The molecule has 1 N–H and O–H groups in total. The summed E-state index contributed by atoms with van der Waals surface area (Å²) in [5, 5.41) is 9.78. The van der Waals surface area contributed by atoms with Crippen LogP contribution in [-0.4, -0.2) is 41.5 Å². The van der Waals surface area contributed by atoms with Gasteiger partial charge in [0.15, 0.2) is 5.78 Å². The number of hydrogen-bond acceptors (Lipinski definition) is 3. The van der Waals surface area contributed by atoms with Crippen LogP contribution in [0.5, 0.6) is 0 Å². The van der Waals surface area contributed by atoms with E-state index < -0.39 is 0 Å². The average molecular weight is 282 g/mol. The number of Topliss-reactive ketones (excluding diaryl/α,β-unsaturated/α-hetero) is 1. The van der Waals surface area contributed by atoms with E-state index >= 15 is 0 Å². The lowest BCUT2D eigenvalue weighted by Crippen LogP contribution is -2.44. The molecule has 1 aliphatic heterocycles. The maximum absolute atomic E-state index is 12.4. The molecule has 1 aromatic rings. The van der Waals surface area contributed by atoms with Gasteiger partial charge in [-0.15, -0.1) is 0 Å². The van der Waals surface area contributed by atoms with E-state index in [1.807, 2.05) is 6.92 Å². The molecule has 1 aliphatic rings. The Labute approximate surface area is 119 Å². The van der Waals surface area contributed by atoms with Crippen LogP contribution in [0.1, 0.15) is 30.1 Å². The molecule has 0 radical (unpaired) electrons. The van der Waals surface area contributed by atoms with Crippen LogP contribution in [0.15, 0.2) is 24.3 Å². The van der Waals surface area contributed by atoms with Gasteiger partial charge in [0, 0.05) is 17.2 Å². The largest absolute Gasteiger partial charge is 0.396 e. The van der Waals surface area contributed by atoms with Gasteiger partial charge >= 0.3 is 0 Å². The van der Waals surface area contributed by atoms with Crippen molar-refractivity contribution in [1.29, 1.82) is 0 Å². The Morgan fingerprint density at radius 3 is 2.47 bits per heavy atom. The number of aliphatic hydroxyl groups is 1. The van der Waals surface area contributed by atoms with Crippen LogP contribution in [0, 0.1) is 5.92 Å². The Morgan fingerprint density at radius 2 is 1.95 bits per heavy atom. The van der Waals surface area contributed by atoms with Crippen LogP contribution in [0.4, 0.5) is 0 Å². The van der Waals surface area contributed by atoms with Gasteiger partial charge in [0.05, 0.1) is 6.04 Å². The molecule has 1 atom stereocenters. The minimum Gasteiger partial charge on any atom is -0.396 e. The second-order valence-electron chi connectivity index (χ2n) is 5.21. The predicted molar refractivity (Wildman–Crippen MR) is 76.6 cm³/mol. The fraction of sp³-hybridized carbons (Fsp3) is 0.533. The zero-order valence-corrected chi connectivity index (χ0v) is 11.9. The molecule has 2 rings (SSSR count). The lowest BCUT2D eigenvalue weighted by atomic mass is 9.95. The van der Waals surface area contributed by atoms with E-state index in [0.29, 0.717) is 16.5 Å². The van der Waals surface area contributed by atoms with Crippen molar-refractivity contribution in [1.82, 2.24) is 4.90 Å². The predicted octanol–water partition coefficient (Wildman–Crippen LogP) is 2.62. The first kappa shape index (κ1) is 14.5. The Bertz CT molecular complexity index is 424. The summed E-state index contributed by atoms with van der Waals surface area (Å²) in [5.74, 6) is 0.535. The third-order valence-corrected chi connectivity index (χ3v) is 4.22. The number of carbonyl (C=O) groups excluding carboxylic acids is 1. The Kier molecular flexibility index (Phi) is 4.97. The van der Waals surface area contributed by atoms with Gasteiger partial charge in [-0.1, -0.05) is 11.6 Å². The first-order chi connectivity index (χ1) is 9.11. The number of benzene rings is 1. The summed E-state index contributed by atoms with van der Waals surface area (Å²) >= 11 is 5.83. The first-order valence-corrected chi connectivity index (χ1v) is 7.14. The van der Waals surface area contributed by atoms with Crippen molar-refractivity contribution in [2.45, 2.75) is 25.8 Å². The maximum Gasteiger partial charge on any atom is 0.179 e. The molecule has 19 heavy (non-hydrogen) atoms. The number of likely N-dealkylation sites (tertiary alicyclic amines) is 1. The van der Waals surface area contributed by atoms with E-state index in [-0.39, 0.29) is 18.4 Å². The van der Waals surface area contributed by atoms with Gasteiger partial charge in [-0.3, -0.25) is 9.69 Å². The van der Waals surface area contributed by atoms with Crippen molar-refractivity contribution < 1.29 is 9.90 Å². The van der Waals surface area contributed by atoms with E-state index in [2.05, 4.69) is 4.90 Å². The summed E-state index contributed by atoms with van der Waals surface area (Å²) in [7, 11) is 0. The first-order valence-electron chi connectivity index (χ1n) is 6.76. The van der Waals surface area contributed by atoms with E-state index in [1.165, 1.54) is 0 Å².